The number of nitrogens with zero attached hydrogens (tertiary/aromatic N) is 2. The number of pyridine rings is 1. The molecule has 1 heterocycles. The number of aliphatic carboxylic acids is 1. The number of carboxylic acids is 1. The number of carbonyl (C=O) groups is 1. The van der Waals surface area contributed by atoms with Crippen LogP contribution in [0.3, 0.4) is 0 Å². The summed E-state index contributed by atoms with van der Waals surface area (Å²) in [5.41, 5.74) is 1.58. The molecule has 1 aromatic rings. The Bertz CT molecular complexity index is 543. The van der Waals surface area contributed by atoms with E-state index in [0.717, 1.165) is 18.5 Å². The van der Waals surface area contributed by atoms with Gasteiger partial charge in [0.15, 0.2) is 0 Å². The first-order valence-electron chi connectivity index (χ1n) is 6.85. The Kier molecular flexibility index (Phi) is 4.57. The van der Waals surface area contributed by atoms with Crippen LogP contribution in [0.4, 0.5) is 0 Å². The lowest BCUT2D eigenvalue weighted by molar-refractivity contribution is -0.136. The summed E-state index contributed by atoms with van der Waals surface area (Å²) in [5, 5.41) is 18.2. The molecule has 0 spiro atoms. The Labute approximate surface area is 118 Å². The number of methoxy groups -OCH3 is 1. The molecule has 2 rings (SSSR count). The van der Waals surface area contributed by atoms with E-state index in [1.165, 1.54) is 26.4 Å². The summed E-state index contributed by atoms with van der Waals surface area (Å²) < 4.78 is 5.16. The topological polar surface area (TPSA) is 83.2 Å². The molecule has 1 aliphatic rings. The van der Waals surface area contributed by atoms with Crippen molar-refractivity contribution in [3.8, 4) is 11.9 Å². The highest BCUT2D eigenvalue weighted by Crippen LogP contribution is 2.34. The van der Waals surface area contributed by atoms with Crippen molar-refractivity contribution in [1.82, 2.24) is 4.98 Å². The third kappa shape index (κ3) is 3.08. The molecular formula is C15H18N2O3. The molecule has 0 radical (unpaired) electrons. The highest BCUT2D eigenvalue weighted by Gasteiger charge is 2.22. The van der Waals surface area contributed by atoms with Crippen molar-refractivity contribution < 1.29 is 14.6 Å². The van der Waals surface area contributed by atoms with Crippen LogP contribution < -0.4 is 4.74 Å². The average Bonchev–Trinajstić information content (AvgIpc) is 2.46. The van der Waals surface area contributed by atoms with E-state index >= 15 is 0 Å². The van der Waals surface area contributed by atoms with Gasteiger partial charge in [-0.15, -0.1) is 0 Å². The fraction of sp³-hybridized carbons (Fsp3) is 0.533. The quantitative estimate of drug-likeness (QED) is 0.912. The van der Waals surface area contributed by atoms with Gasteiger partial charge in [-0.25, -0.2) is 4.98 Å². The summed E-state index contributed by atoms with van der Waals surface area (Å²) in [4.78, 5) is 15.4. The fourth-order valence-corrected chi connectivity index (χ4v) is 2.77. The van der Waals surface area contributed by atoms with Crippen LogP contribution in [0.15, 0.2) is 6.07 Å². The number of ether oxygens (including phenoxy) is 1. The molecule has 1 aromatic heterocycles. The third-order valence-electron chi connectivity index (χ3n) is 3.76. The molecule has 1 saturated carbocycles. The first kappa shape index (κ1) is 14.3. The van der Waals surface area contributed by atoms with Crippen molar-refractivity contribution in [3.05, 3.63) is 22.9 Å². The van der Waals surface area contributed by atoms with Crippen molar-refractivity contribution in [2.75, 3.05) is 7.11 Å². The van der Waals surface area contributed by atoms with Crippen molar-refractivity contribution in [2.45, 2.75) is 44.4 Å². The molecule has 0 amide bonds. The van der Waals surface area contributed by atoms with Crippen molar-refractivity contribution in [2.24, 2.45) is 0 Å². The largest absolute Gasteiger partial charge is 0.481 e. The number of rotatable bonds is 4. The zero-order valence-corrected chi connectivity index (χ0v) is 11.6. The first-order chi connectivity index (χ1) is 9.65. The fourth-order valence-electron chi connectivity index (χ4n) is 2.77. The number of aromatic nitrogens is 1. The Morgan fingerprint density at radius 1 is 1.50 bits per heavy atom. The van der Waals surface area contributed by atoms with Gasteiger partial charge in [0.25, 0.3) is 0 Å². The maximum absolute atomic E-state index is 11.0. The van der Waals surface area contributed by atoms with Gasteiger partial charge in [-0.2, -0.15) is 5.26 Å². The Morgan fingerprint density at radius 2 is 2.20 bits per heavy atom. The first-order valence-corrected chi connectivity index (χ1v) is 6.85. The van der Waals surface area contributed by atoms with Crippen LogP contribution in [0.25, 0.3) is 0 Å². The lowest BCUT2D eigenvalue weighted by Gasteiger charge is -2.22. The van der Waals surface area contributed by atoms with E-state index in [9.17, 15) is 10.1 Å². The molecule has 0 bridgehead atoms. The van der Waals surface area contributed by atoms with Gasteiger partial charge < -0.3 is 9.84 Å². The molecular weight excluding hydrogens is 256 g/mol. The normalized spacial score (nSPS) is 15.6. The van der Waals surface area contributed by atoms with E-state index in [0.29, 0.717) is 11.5 Å². The minimum atomic E-state index is -0.954. The van der Waals surface area contributed by atoms with Gasteiger partial charge in [0.2, 0.25) is 5.88 Å². The van der Waals surface area contributed by atoms with Crippen molar-refractivity contribution >= 4 is 5.97 Å². The maximum Gasteiger partial charge on any atom is 0.307 e. The highest BCUT2D eigenvalue weighted by molar-refractivity contribution is 5.72. The van der Waals surface area contributed by atoms with Crippen LogP contribution in [0, 0.1) is 11.3 Å². The molecule has 106 valence electrons. The molecule has 5 nitrogen and oxygen atoms in total. The van der Waals surface area contributed by atoms with Gasteiger partial charge in [-0.1, -0.05) is 19.3 Å². The van der Waals surface area contributed by atoms with Crippen molar-refractivity contribution in [1.29, 1.82) is 5.26 Å². The molecule has 0 atom stereocenters. The van der Waals surface area contributed by atoms with E-state index in [-0.39, 0.29) is 17.9 Å². The summed E-state index contributed by atoms with van der Waals surface area (Å²) in [7, 11) is 1.46. The van der Waals surface area contributed by atoms with Crippen LogP contribution >= 0.6 is 0 Å². The number of hydrogen-bond acceptors (Lipinski definition) is 4. The van der Waals surface area contributed by atoms with Gasteiger partial charge >= 0.3 is 5.97 Å². The summed E-state index contributed by atoms with van der Waals surface area (Å²) in [6.45, 7) is 0. The molecule has 20 heavy (non-hydrogen) atoms. The second kappa shape index (κ2) is 6.38. The summed E-state index contributed by atoms with van der Waals surface area (Å²) in [5.74, 6) is -0.367. The second-order valence-corrected chi connectivity index (χ2v) is 5.11. The van der Waals surface area contributed by atoms with E-state index in [1.54, 1.807) is 6.07 Å². The minimum absolute atomic E-state index is 0.179. The predicted octanol–water partition coefficient (Wildman–Crippen LogP) is 2.64. The van der Waals surface area contributed by atoms with E-state index in [4.69, 9.17) is 9.84 Å². The molecule has 5 heteroatoms. The van der Waals surface area contributed by atoms with E-state index < -0.39 is 5.97 Å². The van der Waals surface area contributed by atoms with Gasteiger partial charge in [-0.3, -0.25) is 4.79 Å². The van der Waals surface area contributed by atoms with Crippen LogP contribution in [0.2, 0.25) is 0 Å². The number of nitriles is 1. The van der Waals surface area contributed by atoms with E-state index in [2.05, 4.69) is 4.98 Å². The Morgan fingerprint density at radius 3 is 2.75 bits per heavy atom. The SMILES string of the molecule is COc1nc(C2CCCCC2)cc(CC(=O)O)c1C#N. The average molecular weight is 274 g/mol. The van der Waals surface area contributed by atoms with Crippen molar-refractivity contribution in [3.63, 3.8) is 0 Å². The van der Waals surface area contributed by atoms with Gasteiger partial charge in [0.05, 0.1) is 13.5 Å². The van der Waals surface area contributed by atoms with Gasteiger partial charge in [0, 0.05) is 11.6 Å². The maximum atomic E-state index is 11.0. The van der Waals surface area contributed by atoms with E-state index in [1.807, 2.05) is 6.07 Å². The van der Waals surface area contributed by atoms with Crippen LogP contribution in [0.1, 0.15) is 54.8 Å². The van der Waals surface area contributed by atoms with Crippen LogP contribution in [-0.4, -0.2) is 23.2 Å². The molecule has 1 aliphatic carbocycles. The monoisotopic (exact) mass is 274 g/mol. The number of hydrogen-bond donors (Lipinski definition) is 1. The van der Waals surface area contributed by atoms with Gasteiger partial charge in [0.1, 0.15) is 11.6 Å². The van der Waals surface area contributed by atoms with Crippen LogP contribution in [-0.2, 0) is 11.2 Å². The minimum Gasteiger partial charge on any atom is -0.481 e. The standard InChI is InChI=1S/C15H18N2O3/c1-20-15-12(9-16)11(8-14(18)19)7-13(17-15)10-5-3-2-4-6-10/h7,10H,2-6,8H2,1H3,(H,18,19). The predicted molar refractivity (Wildman–Crippen MR) is 72.7 cm³/mol. The molecule has 0 aliphatic heterocycles. The Hall–Kier alpha value is -2.09. The lowest BCUT2D eigenvalue weighted by atomic mass is 9.86. The molecule has 1 fully saturated rings. The molecule has 0 unspecified atom stereocenters. The summed E-state index contributed by atoms with van der Waals surface area (Å²) in [6, 6.07) is 3.77. The number of carboxylic acid groups (broad SMARTS) is 1. The smallest absolute Gasteiger partial charge is 0.307 e. The van der Waals surface area contributed by atoms with Crippen LogP contribution in [0.5, 0.6) is 5.88 Å². The Balaban J connectivity index is 2.42. The highest BCUT2D eigenvalue weighted by atomic mass is 16.5. The zero-order valence-electron chi connectivity index (χ0n) is 11.6. The third-order valence-corrected chi connectivity index (χ3v) is 3.76. The second-order valence-electron chi connectivity index (χ2n) is 5.11. The summed E-state index contributed by atoms with van der Waals surface area (Å²) in [6.07, 6.45) is 5.53. The molecule has 0 saturated heterocycles. The molecule has 0 aromatic carbocycles. The summed E-state index contributed by atoms with van der Waals surface area (Å²) >= 11 is 0. The van der Waals surface area contributed by atoms with Gasteiger partial charge in [-0.05, 0) is 24.5 Å². The molecule has 1 N–H and O–H groups in total. The lowest BCUT2D eigenvalue weighted by Crippen LogP contribution is -2.11. The zero-order chi connectivity index (χ0) is 14.5.